The first kappa shape index (κ1) is 12.5. The van der Waals surface area contributed by atoms with Gasteiger partial charge < -0.3 is 4.74 Å². The number of hydroxylamine groups is 1. The van der Waals surface area contributed by atoms with Gasteiger partial charge in [-0.25, -0.2) is 13.9 Å². The molecule has 1 amide bonds. The van der Waals surface area contributed by atoms with Gasteiger partial charge in [0.25, 0.3) is 5.91 Å². The van der Waals surface area contributed by atoms with Gasteiger partial charge in [0.05, 0.1) is 12.0 Å². The van der Waals surface area contributed by atoms with E-state index in [0.29, 0.717) is 5.75 Å². The molecule has 0 aliphatic rings. The highest BCUT2D eigenvalue weighted by atomic mass is 32.2. The minimum absolute atomic E-state index is 0.00287. The van der Waals surface area contributed by atoms with E-state index in [4.69, 9.17) is 9.94 Å². The number of ether oxygens (including phenoxy) is 1. The molecule has 0 aromatic heterocycles. The van der Waals surface area contributed by atoms with Crippen LogP contribution in [-0.4, -0.2) is 32.4 Å². The van der Waals surface area contributed by atoms with E-state index in [9.17, 15) is 13.2 Å². The Morgan fingerprint density at radius 2 is 1.94 bits per heavy atom. The highest BCUT2D eigenvalue weighted by Crippen LogP contribution is 2.16. The molecule has 1 rings (SSSR count). The van der Waals surface area contributed by atoms with Crippen molar-refractivity contribution in [3.05, 3.63) is 24.3 Å². The van der Waals surface area contributed by atoms with Crippen molar-refractivity contribution >= 4 is 15.7 Å². The van der Waals surface area contributed by atoms with Crippen LogP contribution in [0, 0.1) is 0 Å². The van der Waals surface area contributed by atoms with Crippen molar-refractivity contribution < 1.29 is 23.2 Å². The van der Waals surface area contributed by atoms with Gasteiger partial charge in [0.1, 0.15) is 11.5 Å². The van der Waals surface area contributed by atoms with Crippen LogP contribution in [0.3, 0.4) is 0 Å². The molecule has 0 radical (unpaired) electrons. The Bertz CT molecular complexity index is 465. The van der Waals surface area contributed by atoms with Crippen molar-refractivity contribution in [3.63, 3.8) is 0 Å². The SMILES string of the molecule is COc1ccc(S(=O)(=O)CC(=O)NO)cc1. The third kappa shape index (κ3) is 2.94. The van der Waals surface area contributed by atoms with Gasteiger partial charge in [-0.3, -0.25) is 10.0 Å². The minimum atomic E-state index is -3.72. The minimum Gasteiger partial charge on any atom is -0.497 e. The molecule has 0 saturated carbocycles. The van der Waals surface area contributed by atoms with Gasteiger partial charge in [0.15, 0.2) is 9.84 Å². The van der Waals surface area contributed by atoms with Crippen LogP contribution in [0.5, 0.6) is 5.75 Å². The first-order valence-corrected chi connectivity index (χ1v) is 5.94. The molecule has 88 valence electrons. The van der Waals surface area contributed by atoms with Crippen molar-refractivity contribution in [2.75, 3.05) is 12.9 Å². The summed E-state index contributed by atoms with van der Waals surface area (Å²) >= 11 is 0. The lowest BCUT2D eigenvalue weighted by molar-refractivity contribution is -0.126. The van der Waals surface area contributed by atoms with E-state index >= 15 is 0 Å². The number of rotatable bonds is 4. The average Bonchev–Trinajstić information content (AvgIpc) is 2.28. The first-order chi connectivity index (χ1) is 7.49. The fraction of sp³-hybridized carbons (Fsp3) is 0.222. The predicted octanol–water partition coefficient (Wildman–Crippen LogP) is -0.0257. The summed E-state index contributed by atoms with van der Waals surface area (Å²) in [4.78, 5) is 10.8. The summed E-state index contributed by atoms with van der Waals surface area (Å²) < 4.78 is 28.0. The van der Waals surface area contributed by atoms with Crippen LogP contribution < -0.4 is 10.2 Å². The number of amides is 1. The largest absolute Gasteiger partial charge is 0.497 e. The molecule has 16 heavy (non-hydrogen) atoms. The molecular weight excluding hydrogens is 234 g/mol. The van der Waals surface area contributed by atoms with Crippen LogP contribution in [0.15, 0.2) is 29.2 Å². The summed E-state index contributed by atoms with van der Waals surface area (Å²) in [5.74, 6) is -1.25. The molecule has 0 fully saturated rings. The van der Waals surface area contributed by atoms with Crippen molar-refractivity contribution in [3.8, 4) is 5.75 Å². The Morgan fingerprint density at radius 3 is 2.38 bits per heavy atom. The zero-order chi connectivity index (χ0) is 12.2. The Kier molecular flexibility index (Phi) is 3.86. The Balaban J connectivity index is 2.94. The van der Waals surface area contributed by atoms with Crippen molar-refractivity contribution in [1.82, 2.24) is 5.48 Å². The van der Waals surface area contributed by atoms with Crippen LogP contribution in [0.4, 0.5) is 0 Å². The molecule has 0 heterocycles. The number of carbonyl (C=O) groups is 1. The molecule has 0 atom stereocenters. The normalized spacial score (nSPS) is 10.9. The van der Waals surface area contributed by atoms with E-state index in [-0.39, 0.29) is 4.90 Å². The molecule has 2 N–H and O–H groups in total. The van der Waals surface area contributed by atoms with E-state index < -0.39 is 21.5 Å². The van der Waals surface area contributed by atoms with E-state index in [1.165, 1.54) is 36.9 Å². The number of benzene rings is 1. The maximum atomic E-state index is 11.6. The molecule has 0 bridgehead atoms. The molecule has 0 unspecified atom stereocenters. The number of sulfone groups is 1. The Hall–Kier alpha value is -1.60. The molecule has 7 heteroatoms. The number of hydrogen-bond acceptors (Lipinski definition) is 5. The number of methoxy groups -OCH3 is 1. The summed E-state index contributed by atoms with van der Waals surface area (Å²) in [6.45, 7) is 0. The lowest BCUT2D eigenvalue weighted by atomic mass is 10.3. The summed E-state index contributed by atoms with van der Waals surface area (Å²) in [6, 6.07) is 5.62. The van der Waals surface area contributed by atoms with Crippen LogP contribution in [-0.2, 0) is 14.6 Å². The Morgan fingerprint density at radius 1 is 1.38 bits per heavy atom. The van der Waals surface area contributed by atoms with E-state index in [1.807, 2.05) is 0 Å². The number of hydrogen-bond donors (Lipinski definition) is 2. The average molecular weight is 245 g/mol. The standard InChI is InChI=1S/C9H11NO5S/c1-15-7-2-4-8(5-3-7)16(13,14)6-9(11)10-12/h2-5,12H,6H2,1H3,(H,10,11). The number of nitrogens with one attached hydrogen (secondary N) is 1. The van der Waals surface area contributed by atoms with Crippen LogP contribution >= 0.6 is 0 Å². The lowest BCUT2D eigenvalue weighted by Gasteiger charge is -2.04. The van der Waals surface area contributed by atoms with Gasteiger partial charge in [-0.05, 0) is 24.3 Å². The van der Waals surface area contributed by atoms with Crippen LogP contribution in [0.25, 0.3) is 0 Å². The zero-order valence-electron chi connectivity index (χ0n) is 8.50. The Labute approximate surface area is 92.7 Å². The highest BCUT2D eigenvalue weighted by molar-refractivity contribution is 7.92. The van der Waals surface area contributed by atoms with Crippen molar-refractivity contribution in [2.24, 2.45) is 0 Å². The quantitative estimate of drug-likeness (QED) is 0.574. The zero-order valence-corrected chi connectivity index (χ0v) is 9.32. The van der Waals surface area contributed by atoms with Gasteiger partial charge in [-0.15, -0.1) is 0 Å². The molecule has 0 spiro atoms. The van der Waals surface area contributed by atoms with Gasteiger partial charge >= 0.3 is 0 Å². The van der Waals surface area contributed by atoms with Crippen LogP contribution in [0.1, 0.15) is 0 Å². The fourth-order valence-corrected chi connectivity index (χ4v) is 2.20. The molecule has 0 saturated heterocycles. The van der Waals surface area contributed by atoms with E-state index in [2.05, 4.69) is 0 Å². The van der Waals surface area contributed by atoms with Gasteiger partial charge in [-0.2, -0.15) is 0 Å². The van der Waals surface area contributed by atoms with Crippen molar-refractivity contribution in [2.45, 2.75) is 4.90 Å². The van der Waals surface area contributed by atoms with Gasteiger partial charge in [0, 0.05) is 0 Å². The second-order valence-corrected chi connectivity index (χ2v) is 4.96. The molecule has 1 aromatic carbocycles. The molecule has 6 nitrogen and oxygen atoms in total. The van der Waals surface area contributed by atoms with Crippen LogP contribution in [0.2, 0.25) is 0 Å². The maximum absolute atomic E-state index is 11.6. The summed E-state index contributed by atoms with van der Waals surface area (Å²) in [5.41, 5.74) is 1.27. The predicted molar refractivity (Wildman–Crippen MR) is 55.0 cm³/mol. The van der Waals surface area contributed by atoms with E-state index in [1.54, 1.807) is 0 Å². The topological polar surface area (TPSA) is 92.7 Å². The fourth-order valence-electron chi connectivity index (χ4n) is 1.07. The maximum Gasteiger partial charge on any atom is 0.258 e. The lowest BCUT2D eigenvalue weighted by Crippen LogP contribution is -2.27. The number of carbonyl (C=O) groups excluding carboxylic acids is 1. The second kappa shape index (κ2) is 4.95. The summed E-state index contributed by atoms with van der Waals surface area (Å²) in [6.07, 6.45) is 0. The smallest absolute Gasteiger partial charge is 0.258 e. The molecular formula is C9H11NO5S. The molecule has 1 aromatic rings. The summed E-state index contributed by atoms with van der Waals surface area (Å²) in [7, 11) is -2.26. The first-order valence-electron chi connectivity index (χ1n) is 4.29. The molecule has 0 aliphatic carbocycles. The highest BCUT2D eigenvalue weighted by Gasteiger charge is 2.18. The third-order valence-corrected chi connectivity index (χ3v) is 3.50. The van der Waals surface area contributed by atoms with Gasteiger partial charge in [-0.1, -0.05) is 0 Å². The molecule has 0 aliphatic heterocycles. The van der Waals surface area contributed by atoms with Gasteiger partial charge in [0.2, 0.25) is 0 Å². The third-order valence-electron chi connectivity index (χ3n) is 1.86. The monoisotopic (exact) mass is 245 g/mol. The van der Waals surface area contributed by atoms with Crippen molar-refractivity contribution in [1.29, 1.82) is 0 Å². The summed E-state index contributed by atoms with van der Waals surface area (Å²) in [5, 5.41) is 8.24. The van der Waals surface area contributed by atoms with E-state index in [0.717, 1.165) is 0 Å². The second-order valence-electron chi connectivity index (χ2n) is 2.97.